The van der Waals surface area contributed by atoms with E-state index in [0.29, 0.717) is 18.3 Å². The molecule has 18 heavy (non-hydrogen) atoms. The van der Waals surface area contributed by atoms with E-state index in [1.807, 2.05) is 6.26 Å². The number of thioether (sulfide) groups is 1. The van der Waals surface area contributed by atoms with Crippen molar-refractivity contribution in [1.82, 2.24) is 5.32 Å². The van der Waals surface area contributed by atoms with Crippen LogP contribution < -0.4 is 5.32 Å². The molecule has 0 aliphatic heterocycles. The SMILES string of the molecule is CSCCC(NC(=O)C1C2CCCCC21)C(=O)O. The van der Waals surface area contributed by atoms with Gasteiger partial charge in [0.2, 0.25) is 5.91 Å². The van der Waals surface area contributed by atoms with Crippen molar-refractivity contribution in [3.63, 3.8) is 0 Å². The first-order valence-corrected chi connectivity index (χ1v) is 8.06. The number of rotatable bonds is 6. The molecule has 1 amide bonds. The van der Waals surface area contributed by atoms with Crippen LogP contribution in [-0.2, 0) is 9.59 Å². The molecule has 2 saturated carbocycles. The summed E-state index contributed by atoms with van der Waals surface area (Å²) >= 11 is 1.60. The van der Waals surface area contributed by atoms with Crippen molar-refractivity contribution in [1.29, 1.82) is 0 Å². The van der Waals surface area contributed by atoms with Gasteiger partial charge in [0.1, 0.15) is 6.04 Å². The van der Waals surface area contributed by atoms with E-state index in [2.05, 4.69) is 5.32 Å². The predicted octanol–water partition coefficient (Wildman–Crippen LogP) is 1.75. The summed E-state index contributed by atoms with van der Waals surface area (Å²) in [4.78, 5) is 23.1. The van der Waals surface area contributed by atoms with Gasteiger partial charge < -0.3 is 10.4 Å². The third-order valence-corrected chi connectivity index (χ3v) is 4.83. The number of carbonyl (C=O) groups excluding carboxylic acids is 1. The van der Waals surface area contributed by atoms with E-state index in [1.54, 1.807) is 11.8 Å². The first kappa shape index (κ1) is 13.7. The van der Waals surface area contributed by atoms with Crippen LogP contribution in [0.25, 0.3) is 0 Å². The number of aliphatic carboxylic acids is 1. The van der Waals surface area contributed by atoms with Gasteiger partial charge in [-0.1, -0.05) is 12.8 Å². The molecule has 0 bridgehead atoms. The molecule has 2 aliphatic carbocycles. The smallest absolute Gasteiger partial charge is 0.326 e. The molecule has 2 rings (SSSR count). The van der Waals surface area contributed by atoms with Gasteiger partial charge in [-0.2, -0.15) is 11.8 Å². The number of carboxylic acids is 1. The summed E-state index contributed by atoms with van der Waals surface area (Å²) in [5.41, 5.74) is 0. The van der Waals surface area contributed by atoms with Gasteiger partial charge in [0.15, 0.2) is 0 Å². The molecular weight excluding hydrogens is 250 g/mol. The zero-order valence-corrected chi connectivity index (χ0v) is 11.5. The Morgan fingerprint density at radius 2 is 1.94 bits per heavy atom. The van der Waals surface area contributed by atoms with Gasteiger partial charge in [-0.3, -0.25) is 4.79 Å². The van der Waals surface area contributed by atoms with Crippen molar-refractivity contribution < 1.29 is 14.7 Å². The van der Waals surface area contributed by atoms with Gasteiger partial charge in [0.25, 0.3) is 0 Å². The maximum Gasteiger partial charge on any atom is 0.326 e. The van der Waals surface area contributed by atoms with Gasteiger partial charge >= 0.3 is 5.97 Å². The summed E-state index contributed by atoms with van der Waals surface area (Å²) in [7, 11) is 0. The molecule has 0 saturated heterocycles. The highest BCUT2D eigenvalue weighted by Gasteiger charge is 2.54. The standard InChI is InChI=1S/C13H21NO3S/c1-18-7-6-10(13(16)17)14-12(15)11-8-4-2-3-5-9(8)11/h8-11H,2-7H2,1H3,(H,14,15)(H,16,17). The molecule has 2 N–H and O–H groups in total. The van der Waals surface area contributed by atoms with Gasteiger partial charge in [0.05, 0.1) is 0 Å². The number of carboxylic acid groups (broad SMARTS) is 1. The molecule has 2 aliphatic rings. The number of amides is 1. The van der Waals surface area contributed by atoms with E-state index >= 15 is 0 Å². The van der Waals surface area contributed by atoms with Crippen LogP contribution in [-0.4, -0.2) is 35.0 Å². The van der Waals surface area contributed by atoms with E-state index in [0.717, 1.165) is 18.6 Å². The van der Waals surface area contributed by atoms with Crippen LogP contribution in [0.1, 0.15) is 32.1 Å². The summed E-state index contributed by atoms with van der Waals surface area (Å²) in [5.74, 6) is 0.988. The van der Waals surface area contributed by atoms with Gasteiger partial charge in [-0.15, -0.1) is 0 Å². The van der Waals surface area contributed by atoms with Crippen molar-refractivity contribution in [2.45, 2.75) is 38.1 Å². The number of nitrogens with one attached hydrogen (secondary N) is 1. The van der Waals surface area contributed by atoms with E-state index in [-0.39, 0.29) is 11.8 Å². The zero-order chi connectivity index (χ0) is 13.1. The molecule has 3 unspecified atom stereocenters. The Morgan fingerprint density at radius 3 is 2.44 bits per heavy atom. The monoisotopic (exact) mass is 271 g/mol. The molecule has 0 spiro atoms. The van der Waals surface area contributed by atoms with Crippen molar-refractivity contribution in [3.05, 3.63) is 0 Å². The summed E-state index contributed by atoms with van der Waals surface area (Å²) in [6.07, 6.45) is 7.18. The molecule has 0 aromatic heterocycles. The minimum atomic E-state index is -0.916. The average Bonchev–Trinajstić information content (AvgIpc) is 3.08. The number of carbonyl (C=O) groups is 2. The molecule has 4 nitrogen and oxygen atoms in total. The molecule has 2 fully saturated rings. The molecule has 102 valence electrons. The lowest BCUT2D eigenvalue weighted by Crippen LogP contribution is -2.42. The second-order valence-electron chi connectivity index (χ2n) is 5.32. The molecule has 0 aromatic rings. The lowest BCUT2D eigenvalue weighted by molar-refractivity contribution is -0.142. The fraction of sp³-hybridized carbons (Fsp3) is 0.846. The zero-order valence-electron chi connectivity index (χ0n) is 10.7. The highest BCUT2D eigenvalue weighted by molar-refractivity contribution is 7.98. The van der Waals surface area contributed by atoms with Crippen molar-refractivity contribution in [2.24, 2.45) is 17.8 Å². The Balaban J connectivity index is 1.83. The minimum absolute atomic E-state index is 0.0274. The third-order valence-electron chi connectivity index (χ3n) is 4.18. The highest BCUT2D eigenvalue weighted by atomic mass is 32.2. The molecule has 0 heterocycles. The van der Waals surface area contributed by atoms with Crippen LogP contribution >= 0.6 is 11.8 Å². The van der Waals surface area contributed by atoms with Crippen LogP contribution in [0.3, 0.4) is 0 Å². The minimum Gasteiger partial charge on any atom is -0.480 e. The Labute approximate surface area is 112 Å². The van der Waals surface area contributed by atoms with Crippen LogP contribution in [0.4, 0.5) is 0 Å². The first-order chi connectivity index (χ1) is 8.65. The molecular formula is C13H21NO3S. The highest BCUT2D eigenvalue weighted by Crippen LogP contribution is 2.55. The van der Waals surface area contributed by atoms with Crippen LogP contribution in [0.2, 0.25) is 0 Å². The van der Waals surface area contributed by atoms with Gasteiger partial charge in [-0.05, 0) is 43.1 Å². The molecule has 3 atom stereocenters. The van der Waals surface area contributed by atoms with E-state index in [9.17, 15) is 9.59 Å². The number of fused-ring (bicyclic) bond motifs is 1. The van der Waals surface area contributed by atoms with Crippen LogP contribution in [0.5, 0.6) is 0 Å². The molecule has 5 heteroatoms. The predicted molar refractivity (Wildman–Crippen MR) is 71.5 cm³/mol. The summed E-state index contributed by atoms with van der Waals surface area (Å²) in [6, 6.07) is -0.715. The van der Waals surface area contributed by atoms with Gasteiger partial charge in [-0.25, -0.2) is 4.79 Å². The van der Waals surface area contributed by atoms with Crippen LogP contribution in [0, 0.1) is 17.8 Å². The first-order valence-electron chi connectivity index (χ1n) is 6.67. The van der Waals surface area contributed by atoms with E-state index in [1.165, 1.54) is 12.8 Å². The Hall–Kier alpha value is -0.710. The largest absolute Gasteiger partial charge is 0.480 e. The maximum atomic E-state index is 12.1. The summed E-state index contributed by atoms with van der Waals surface area (Å²) in [5, 5.41) is 11.8. The normalized spacial score (nSPS) is 31.3. The summed E-state index contributed by atoms with van der Waals surface area (Å²) in [6.45, 7) is 0. The van der Waals surface area contributed by atoms with Crippen LogP contribution in [0.15, 0.2) is 0 Å². The number of hydrogen-bond donors (Lipinski definition) is 2. The van der Waals surface area contributed by atoms with E-state index < -0.39 is 12.0 Å². The lowest BCUT2D eigenvalue weighted by atomic mass is 10.0. The second kappa shape index (κ2) is 5.95. The fourth-order valence-corrected chi connectivity index (χ4v) is 3.61. The Bertz CT molecular complexity index is 322. The molecule has 0 aromatic carbocycles. The molecule has 0 radical (unpaired) electrons. The third kappa shape index (κ3) is 2.99. The quantitative estimate of drug-likeness (QED) is 0.772. The fourth-order valence-electron chi connectivity index (χ4n) is 3.14. The average molecular weight is 271 g/mol. The van der Waals surface area contributed by atoms with E-state index in [4.69, 9.17) is 5.11 Å². The second-order valence-corrected chi connectivity index (χ2v) is 6.30. The summed E-state index contributed by atoms with van der Waals surface area (Å²) < 4.78 is 0. The number of hydrogen-bond acceptors (Lipinski definition) is 3. The van der Waals surface area contributed by atoms with Crippen molar-refractivity contribution in [2.75, 3.05) is 12.0 Å². The van der Waals surface area contributed by atoms with Crippen molar-refractivity contribution in [3.8, 4) is 0 Å². The van der Waals surface area contributed by atoms with Crippen molar-refractivity contribution >= 4 is 23.6 Å². The van der Waals surface area contributed by atoms with Gasteiger partial charge in [0, 0.05) is 5.92 Å². The Morgan fingerprint density at radius 1 is 1.33 bits per heavy atom. The lowest BCUT2D eigenvalue weighted by Gasteiger charge is -2.13. The topological polar surface area (TPSA) is 66.4 Å². The Kier molecular flexibility index (Phi) is 4.54. The maximum absolute atomic E-state index is 12.1.